The number of rotatable bonds is 5. The Labute approximate surface area is 171 Å². The van der Waals surface area contributed by atoms with E-state index in [1.54, 1.807) is 25.6 Å². The summed E-state index contributed by atoms with van der Waals surface area (Å²) in [5.41, 5.74) is 2.51. The van der Waals surface area contributed by atoms with Crippen molar-refractivity contribution in [3.63, 3.8) is 0 Å². The summed E-state index contributed by atoms with van der Waals surface area (Å²) in [4.78, 5) is 19.1. The Morgan fingerprint density at radius 3 is 2.93 bits per heavy atom. The lowest BCUT2D eigenvalue weighted by Gasteiger charge is -2.34. The minimum Gasteiger partial charge on any atom is -0.496 e. The molecule has 1 aromatic carbocycles. The fourth-order valence-electron chi connectivity index (χ4n) is 3.87. The number of carbonyl (C=O) groups is 1. The van der Waals surface area contributed by atoms with Crippen LogP contribution < -0.4 is 4.74 Å². The van der Waals surface area contributed by atoms with E-state index in [2.05, 4.69) is 4.98 Å². The number of hydrogen-bond acceptors (Lipinski definition) is 4. The molecule has 2 unspecified atom stereocenters. The van der Waals surface area contributed by atoms with Gasteiger partial charge in [0.2, 0.25) is 5.91 Å². The van der Waals surface area contributed by atoms with Crippen molar-refractivity contribution in [3.05, 3.63) is 58.4 Å². The highest BCUT2D eigenvalue weighted by atomic mass is 35.5. The van der Waals surface area contributed by atoms with Crippen LogP contribution in [0.5, 0.6) is 5.75 Å². The van der Waals surface area contributed by atoms with E-state index in [1.165, 1.54) is 0 Å². The molecule has 1 saturated heterocycles. The minimum atomic E-state index is -0.836. The first-order valence-corrected chi connectivity index (χ1v) is 10.1. The molecule has 1 aromatic heterocycles. The number of pyridine rings is 1. The summed E-state index contributed by atoms with van der Waals surface area (Å²) >= 11 is 6.10. The lowest BCUT2D eigenvalue weighted by Crippen LogP contribution is -2.44. The number of nitrogens with zero attached hydrogens (tertiary/aromatic N) is 2. The fraction of sp³-hybridized carbons (Fsp3) is 0.455. The predicted molar refractivity (Wildman–Crippen MR) is 110 cm³/mol. The SMILES string of the molecule is COc1ccncc1C(O)C1CCCCCN1C(=O)Cc1ccc(Cl)c(C)c1. The topological polar surface area (TPSA) is 62.7 Å². The second-order valence-corrected chi connectivity index (χ2v) is 7.73. The third-order valence-electron chi connectivity index (χ3n) is 5.41. The van der Waals surface area contributed by atoms with Gasteiger partial charge >= 0.3 is 0 Å². The minimum absolute atomic E-state index is 0.0236. The maximum absolute atomic E-state index is 13.2. The van der Waals surface area contributed by atoms with E-state index >= 15 is 0 Å². The number of methoxy groups -OCH3 is 1. The van der Waals surface area contributed by atoms with Crippen LogP contribution in [0.25, 0.3) is 0 Å². The second-order valence-electron chi connectivity index (χ2n) is 7.33. The molecule has 1 aliphatic heterocycles. The first kappa shape index (κ1) is 20.6. The van der Waals surface area contributed by atoms with Gasteiger partial charge in [0, 0.05) is 29.5 Å². The van der Waals surface area contributed by atoms with Crippen molar-refractivity contribution in [1.29, 1.82) is 0 Å². The Morgan fingerprint density at radius 2 is 2.18 bits per heavy atom. The molecular weight excluding hydrogens is 376 g/mol. The number of carbonyl (C=O) groups excluding carboxylic acids is 1. The normalized spacial score (nSPS) is 18.4. The van der Waals surface area contributed by atoms with Crippen molar-refractivity contribution in [2.45, 2.75) is 51.2 Å². The van der Waals surface area contributed by atoms with Crippen molar-refractivity contribution < 1.29 is 14.6 Å². The van der Waals surface area contributed by atoms with Crippen LogP contribution in [0.2, 0.25) is 5.02 Å². The van der Waals surface area contributed by atoms with E-state index < -0.39 is 6.10 Å². The van der Waals surface area contributed by atoms with E-state index in [1.807, 2.05) is 30.0 Å². The lowest BCUT2D eigenvalue weighted by molar-refractivity contribution is -0.135. The molecule has 2 aromatic rings. The van der Waals surface area contributed by atoms with Crippen LogP contribution in [0.15, 0.2) is 36.7 Å². The standard InChI is InChI=1S/C22H27ClN2O3/c1-15-12-16(7-8-18(15)23)13-21(26)25-11-5-3-4-6-19(25)22(27)17-14-24-10-9-20(17)28-2/h7-10,12,14,19,22,27H,3-6,11,13H2,1-2H3. The van der Waals surface area contributed by atoms with Crippen LogP contribution in [0.3, 0.4) is 0 Å². The predicted octanol–water partition coefficient (Wildman–Crippen LogP) is 4.10. The van der Waals surface area contributed by atoms with Crippen molar-refractivity contribution in [2.24, 2.45) is 0 Å². The van der Waals surface area contributed by atoms with E-state index in [4.69, 9.17) is 16.3 Å². The summed E-state index contributed by atoms with van der Waals surface area (Å²) in [5.74, 6) is 0.614. The van der Waals surface area contributed by atoms with Crippen LogP contribution in [-0.2, 0) is 11.2 Å². The van der Waals surface area contributed by atoms with Crippen molar-refractivity contribution >= 4 is 17.5 Å². The van der Waals surface area contributed by atoms with Gasteiger partial charge in [0.15, 0.2) is 0 Å². The number of amides is 1. The molecule has 2 heterocycles. The molecule has 3 rings (SSSR count). The van der Waals surface area contributed by atoms with Gasteiger partial charge < -0.3 is 14.7 Å². The second kappa shape index (κ2) is 9.39. The van der Waals surface area contributed by atoms with Crippen LogP contribution in [-0.4, -0.2) is 40.6 Å². The number of aliphatic hydroxyl groups is 1. The smallest absolute Gasteiger partial charge is 0.227 e. The van der Waals surface area contributed by atoms with Crippen LogP contribution >= 0.6 is 11.6 Å². The first-order chi connectivity index (χ1) is 13.5. The molecule has 1 fully saturated rings. The van der Waals surface area contributed by atoms with E-state index in [-0.39, 0.29) is 11.9 Å². The van der Waals surface area contributed by atoms with Crippen LogP contribution in [0.4, 0.5) is 0 Å². The third-order valence-corrected chi connectivity index (χ3v) is 5.83. The number of benzene rings is 1. The summed E-state index contributed by atoms with van der Waals surface area (Å²) in [6, 6.07) is 7.11. The Kier molecular flexibility index (Phi) is 6.92. The maximum atomic E-state index is 13.2. The molecule has 1 aliphatic rings. The summed E-state index contributed by atoms with van der Waals surface area (Å²) in [6.07, 6.45) is 6.45. The van der Waals surface area contributed by atoms with Crippen molar-refractivity contribution in [3.8, 4) is 5.75 Å². The largest absolute Gasteiger partial charge is 0.496 e. The summed E-state index contributed by atoms with van der Waals surface area (Å²) < 4.78 is 5.39. The Balaban J connectivity index is 1.83. The van der Waals surface area contributed by atoms with Gasteiger partial charge in [-0.05, 0) is 43.0 Å². The molecule has 0 spiro atoms. The number of aliphatic hydroxyl groups excluding tert-OH is 1. The molecular formula is C22H27ClN2O3. The number of aromatic nitrogens is 1. The molecule has 0 saturated carbocycles. The summed E-state index contributed by atoms with van der Waals surface area (Å²) in [7, 11) is 1.57. The highest BCUT2D eigenvalue weighted by Gasteiger charge is 2.33. The van der Waals surface area contributed by atoms with Crippen LogP contribution in [0.1, 0.15) is 48.5 Å². The van der Waals surface area contributed by atoms with Gasteiger partial charge in [-0.25, -0.2) is 0 Å². The molecule has 1 amide bonds. The Morgan fingerprint density at radius 1 is 1.36 bits per heavy atom. The number of hydrogen-bond donors (Lipinski definition) is 1. The fourth-order valence-corrected chi connectivity index (χ4v) is 3.99. The zero-order valence-electron chi connectivity index (χ0n) is 16.4. The highest BCUT2D eigenvalue weighted by molar-refractivity contribution is 6.31. The molecule has 6 heteroatoms. The molecule has 150 valence electrons. The van der Waals surface area contributed by atoms with E-state index in [0.29, 0.717) is 29.3 Å². The summed E-state index contributed by atoms with van der Waals surface area (Å²) in [6.45, 7) is 2.58. The van der Waals surface area contributed by atoms with E-state index in [0.717, 1.165) is 36.8 Å². The summed E-state index contributed by atoms with van der Waals surface area (Å²) in [5, 5.41) is 11.8. The Bertz CT molecular complexity index is 827. The monoisotopic (exact) mass is 402 g/mol. The quantitative estimate of drug-likeness (QED) is 0.817. The first-order valence-electron chi connectivity index (χ1n) is 9.71. The number of likely N-dealkylation sites (tertiary alicyclic amines) is 1. The highest BCUT2D eigenvalue weighted by Crippen LogP contribution is 2.33. The molecule has 1 N–H and O–H groups in total. The Hall–Kier alpha value is -2.11. The molecule has 0 radical (unpaired) electrons. The molecule has 2 atom stereocenters. The van der Waals surface area contributed by atoms with Gasteiger partial charge in [0.1, 0.15) is 11.9 Å². The van der Waals surface area contributed by atoms with Gasteiger partial charge in [0.25, 0.3) is 0 Å². The molecule has 28 heavy (non-hydrogen) atoms. The number of ether oxygens (including phenoxy) is 1. The number of halogens is 1. The average molecular weight is 403 g/mol. The van der Waals surface area contributed by atoms with E-state index in [9.17, 15) is 9.90 Å². The lowest BCUT2D eigenvalue weighted by atomic mass is 9.97. The number of aryl methyl sites for hydroxylation is 1. The maximum Gasteiger partial charge on any atom is 0.227 e. The molecule has 0 bridgehead atoms. The van der Waals surface area contributed by atoms with Gasteiger partial charge in [-0.2, -0.15) is 0 Å². The molecule has 5 nitrogen and oxygen atoms in total. The van der Waals surface area contributed by atoms with Gasteiger partial charge in [0.05, 0.1) is 19.6 Å². The van der Waals surface area contributed by atoms with Crippen LogP contribution in [0, 0.1) is 6.92 Å². The third kappa shape index (κ3) is 4.65. The zero-order chi connectivity index (χ0) is 20.1. The van der Waals surface area contributed by atoms with Crippen molar-refractivity contribution in [2.75, 3.05) is 13.7 Å². The average Bonchev–Trinajstić information content (AvgIpc) is 2.96. The van der Waals surface area contributed by atoms with Crippen molar-refractivity contribution in [1.82, 2.24) is 9.88 Å². The van der Waals surface area contributed by atoms with Gasteiger partial charge in [-0.15, -0.1) is 0 Å². The van der Waals surface area contributed by atoms with Gasteiger partial charge in [-0.3, -0.25) is 9.78 Å². The molecule has 0 aliphatic carbocycles. The zero-order valence-corrected chi connectivity index (χ0v) is 17.2. The van der Waals surface area contributed by atoms with Gasteiger partial charge in [-0.1, -0.05) is 36.6 Å².